The number of rotatable bonds is 3. The number of pyridine rings is 2. The van der Waals surface area contributed by atoms with Crippen molar-refractivity contribution in [3.63, 3.8) is 0 Å². The Morgan fingerprint density at radius 2 is 0.964 bits per heavy atom. The first-order valence-corrected chi connectivity index (χ1v) is 20.1. The van der Waals surface area contributed by atoms with Crippen molar-refractivity contribution < 1.29 is 20.1 Å². The fraction of sp³-hybridized carbons (Fsp3) is 0.231. The predicted octanol–water partition coefficient (Wildman–Crippen LogP) is 13.7. The average molecular weight is 887 g/mol. The Kier molecular flexibility index (Phi) is 8.97. The molecule has 2 saturated carbocycles. The van der Waals surface area contributed by atoms with Crippen LogP contribution < -0.4 is 0 Å². The molecule has 2 nitrogen and oxygen atoms in total. The van der Waals surface area contributed by atoms with Gasteiger partial charge in [0.25, 0.3) is 0 Å². The fourth-order valence-electron chi connectivity index (χ4n) is 10.5. The molecule has 2 fully saturated rings. The molecule has 0 N–H and O–H groups in total. The summed E-state index contributed by atoms with van der Waals surface area (Å²) < 4.78 is 0. The van der Waals surface area contributed by atoms with Crippen molar-refractivity contribution in [3.05, 3.63) is 168 Å². The van der Waals surface area contributed by atoms with Crippen LogP contribution in [-0.2, 0) is 20.1 Å². The Balaban J connectivity index is 0.000000165. The monoisotopic (exact) mass is 887 g/mol. The Bertz CT molecular complexity index is 2670. The van der Waals surface area contributed by atoms with Crippen molar-refractivity contribution in [3.8, 4) is 33.6 Å². The third-order valence-electron chi connectivity index (χ3n) is 13.3. The van der Waals surface area contributed by atoms with E-state index in [1.807, 2.05) is 18.3 Å². The van der Waals surface area contributed by atoms with Crippen LogP contribution >= 0.6 is 0 Å². The topological polar surface area (TPSA) is 25.8 Å². The number of aromatic nitrogens is 2. The van der Waals surface area contributed by atoms with E-state index in [1.165, 1.54) is 100 Å². The molecule has 271 valence electrons. The van der Waals surface area contributed by atoms with Gasteiger partial charge < -0.3 is 9.97 Å². The molecule has 55 heavy (non-hydrogen) atoms. The molecule has 2 heterocycles. The summed E-state index contributed by atoms with van der Waals surface area (Å²) in [5, 5.41) is 7.86. The zero-order valence-corrected chi connectivity index (χ0v) is 33.3. The van der Waals surface area contributed by atoms with E-state index in [0.29, 0.717) is 0 Å². The van der Waals surface area contributed by atoms with Gasteiger partial charge in [-0.15, -0.1) is 70.3 Å². The van der Waals surface area contributed by atoms with E-state index < -0.39 is 0 Å². The molecule has 0 unspecified atom stereocenters. The van der Waals surface area contributed by atoms with Gasteiger partial charge in [0.15, 0.2) is 0 Å². The first-order valence-electron chi connectivity index (χ1n) is 20.1. The van der Waals surface area contributed by atoms with Crippen LogP contribution in [0.2, 0.25) is 0 Å². The van der Waals surface area contributed by atoms with Crippen molar-refractivity contribution >= 4 is 32.3 Å². The second kappa shape index (κ2) is 14.3. The summed E-state index contributed by atoms with van der Waals surface area (Å²) in [6, 6.07) is 50.9. The Labute approximate surface area is 337 Å². The minimum Gasteiger partial charge on any atom is -0.305 e. The van der Waals surface area contributed by atoms with Crippen LogP contribution in [0.3, 0.4) is 0 Å². The van der Waals surface area contributed by atoms with Crippen molar-refractivity contribution in [2.24, 2.45) is 0 Å². The molecular formula is C52H42IrN2-2. The molecule has 2 aromatic heterocycles. The van der Waals surface area contributed by atoms with E-state index in [-0.39, 0.29) is 20.1 Å². The maximum Gasteiger partial charge on any atom is 0.0198 e. The molecule has 6 aliphatic rings. The molecule has 0 aliphatic heterocycles. The number of fused-ring (bicyclic) bond motifs is 10. The third-order valence-corrected chi connectivity index (χ3v) is 13.3. The van der Waals surface area contributed by atoms with Gasteiger partial charge in [0.05, 0.1) is 0 Å². The smallest absolute Gasteiger partial charge is 0.0198 e. The standard InChI is InChI=1S/C35H26N.C17H16N.Ir/c1-2-10-29-27(8-1)28-9-3-4-11-30(28)33-19-25(16-17-31(29)33)24-6-5-7-26(18-24)35-20-32-22-12-14-23(15-13-22)34(32)21-36-35;1-2-10-18-17(3-1)14-8-9-15-12-4-6-13(7-5-12)16(15)11-14;/h1-6,8-11,16-23H,12-15H2;1-3,9-13H,4-7H2;/q2*-1;. The van der Waals surface area contributed by atoms with Crippen LogP contribution in [0.4, 0.5) is 0 Å². The summed E-state index contributed by atoms with van der Waals surface area (Å²) in [5.74, 6) is 3.05. The van der Waals surface area contributed by atoms with E-state index in [9.17, 15) is 0 Å². The third kappa shape index (κ3) is 6.04. The summed E-state index contributed by atoms with van der Waals surface area (Å²) in [5.41, 5.74) is 13.0. The minimum absolute atomic E-state index is 0. The molecule has 0 amide bonds. The Hall–Kier alpha value is -4.95. The average Bonchev–Trinajstić information content (AvgIpc) is 3.27. The van der Waals surface area contributed by atoms with Crippen molar-refractivity contribution in [1.29, 1.82) is 0 Å². The molecular weight excluding hydrogens is 845 g/mol. The first kappa shape index (κ1) is 34.5. The van der Waals surface area contributed by atoms with E-state index in [4.69, 9.17) is 4.98 Å². The minimum atomic E-state index is 0. The fourth-order valence-corrected chi connectivity index (χ4v) is 10.5. The Morgan fingerprint density at radius 3 is 1.62 bits per heavy atom. The van der Waals surface area contributed by atoms with E-state index >= 15 is 0 Å². The molecule has 0 atom stereocenters. The van der Waals surface area contributed by atoms with Gasteiger partial charge in [-0.3, -0.25) is 0 Å². The van der Waals surface area contributed by atoms with Gasteiger partial charge in [0, 0.05) is 32.5 Å². The van der Waals surface area contributed by atoms with Gasteiger partial charge in [-0.05, 0) is 129 Å². The van der Waals surface area contributed by atoms with E-state index in [0.717, 1.165) is 46.2 Å². The maximum absolute atomic E-state index is 4.91. The maximum atomic E-state index is 4.91. The van der Waals surface area contributed by atoms with Crippen molar-refractivity contribution in [2.45, 2.75) is 75.0 Å². The SMILES string of the molecule is [Ir].[c-]1cc2c(cc1-c1ccccn1)C1CCC2CC1.[c-]1ccc(-c2ccc3c4ccccc4c4ccccc4c3c2)cc1-c1cc2c(cn1)C1CCC2CC1. The van der Waals surface area contributed by atoms with Crippen molar-refractivity contribution in [1.82, 2.24) is 9.97 Å². The number of hydrogen-bond donors (Lipinski definition) is 0. The number of nitrogens with zero attached hydrogens (tertiary/aromatic N) is 2. The van der Waals surface area contributed by atoms with Gasteiger partial charge in [-0.25, -0.2) is 0 Å². The number of benzene rings is 6. The normalized spacial score (nSPS) is 20.4. The van der Waals surface area contributed by atoms with Crippen LogP contribution in [0.1, 0.15) is 97.3 Å². The molecule has 0 saturated heterocycles. The summed E-state index contributed by atoms with van der Waals surface area (Å²) in [6.45, 7) is 0. The summed E-state index contributed by atoms with van der Waals surface area (Å²) in [6.07, 6.45) is 14.9. The molecule has 3 heteroatoms. The van der Waals surface area contributed by atoms with E-state index in [1.54, 1.807) is 16.7 Å². The van der Waals surface area contributed by atoms with Gasteiger partial charge in [0.2, 0.25) is 0 Å². The Morgan fingerprint density at radius 1 is 0.418 bits per heavy atom. The zero-order chi connectivity index (χ0) is 35.6. The van der Waals surface area contributed by atoms with Crippen LogP contribution in [-0.4, -0.2) is 9.97 Å². The summed E-state index contributed by atoms with van der Waals surface area (Å²) >= 11 is 0. The molecule has 6 aromatic carbocycles. The molecule has 1 radical (unpaired) electrons. The molecule has 4 bridgehead atoms. The second-order valence-corrected chi connectivity index (χ2v) is 16.1. The predicted molar refractivity (Wildman–Crippen MR) is 223 cm³/mol. The second-order valence-electron chi connectivity index (χ2n) is 16.1. The van der Waals surface area contributed by atoms with Gasteiger partial charge in [0.1, 0.15) is 0 Å². The number of hydrogen-bond acceptors (Lipinski definition) is 2. The van der Waals surface area contributed by atoms with Crippen LogP contribution in [0.15, 0.2) is 134 Å². The summed E-state index contributed by atoms with van der Waals surface area (Å²) in [7, 11) is 0. The quantitative estimate of drug-likeness (QED) is 0.130. The largest absolute Gasteiger partial charge is 0.305 e. The van der Waals surface area contributed by atoms with Crippen LogP contribution in [0.25, 0.3) is 66.0 Å². The van der Waals surface area contributed by atoms with E-state index in [2.05, 4.69) is 133 Å². The van der Waals surface area contributed by atoms with Crippen LogP contribution in [0, 0.1) is 12.1 Å². The zero-order valence-electron chi connectivity index (χ0n) is 30.9. The van der Waals surface area contributed by atoms with Crippen molar-refractivity contribution in [2.75, 3.05) is 0 Å². The molecule has 6 aliphatic carbocycles. The molecule has 0 spiro atoms. The van der Waals surface area contributed by atoms with Gasteiger partial charge in [-0.1, -0.05) is 97.6 Å². The molecule has 8 aromatic rings. The van der Waals surface area contributed by atoms with Gasteiger partial charge in [-0.2, -0.15) is 0 Å². The molecule has 14 rings (SSSR count). The first-order chi connectivity index (χ1) is 26.7. The summed E-state index contributed by atoms with van der Waals surface area (Å²) in [4.78, 5) is 9.34. The van der Waals surface area contributed by atoms with Crippen LogP contribution in [0.5, 0.6) is 0 Å². The van der Waals surface area contributed by atoms with Gasteiger partial charge >= 0.3 is 0 Å².